The van der Waals surface area contributed by atoms with Gasteiger partial charge in [0.25, 0.3) is 0 Å². The summed E-state index contributed by atoms with van der Waals surface area (Å²) in [7, 11) is 1.80. The van der Waals surface area contributed by atoms with Crippen molar-refractivity contribution < 1.29 is 14.6 Å². The van der Waals surface area contributed by atoms with Gasteiger partial charge in [0.15, 0.2) is 5.82 Å². The number of aliphatic hydroxyl groups excluding tert-OH is 1. The van der Waals surface area contributed by atoms with Crippen LogP contribution in [0.15, 0.2) is 24.3 Å². The highest BCUT2D eigenvalue weighted by Crippen LogP contribution is 2.38. The Morgan fingerprint density at radius 1 is 1.24 bits per heavy atom. The first-order chi connectivity index (χ1) is 16.2. The van der Waals surface area contributed by atoms with E-state index in [1.807, 2.05) is 24.3 Å². The Morgan fingerprint density at radius 3 is 2.73 bits per heavy atom. The van der Waals surface area contributed by atoms with E-state index in [2.05, 4.69) is 15.5 Å². The second-order valence-corrected chi connectivity index (χ2v) is 9.08. The molecular weight excluding hydrogens is 420 g/mol. The summed E-state index contributed by atoms with van der Waals surface area (Å²) in [4.78, 5) is 12.2. The first kappa shape index (κ1) is 22.1. The third-order valence-electron chi connectivity index (χ3n) is 6.45. The minimum absolute atomic E-state index is 0.203. The summed E-state index contributed by atoms with van der Waals surface area (Å²) in [6.07, 6.45) is 5.18. The maximum absolute atomic E-state index is 9.96. The number of nitrogens with zero attached hydrogens (tertiary/aromatic N) is 3. The molecule has 3 heterocycles. The third kappa shape index (κ3) is 4.80. The van der Waals surface area contributed by atoms with Gasteiger partial charge < -0.3 is 35.5 Å². The zero-order valence-corrected chi connectivity index (χ0v) is 19.0. The number of aromatic nitrogens is 2. The van der Waals surface area contributed by atoms with Crippen molar-refractivity contribution >= 4 is 17.9 Å². The monoisotopic (exact) mass is 452 g/mol. The van der Waals surface area contributed by atoms with Crippen LogP contribution in [0.5, 0.6) is 5.75 Å². The molecule has 2 saturated heterocycles. The SMILES string of the molecule is CNCC(O)COc1cccc(-c2nc(NC3CC3)c(C=N)c(N3C4CCC3COC4)n2)c1. The highest BCUT2D eigenvalue weighted by atomic mass is 16.5. The van der Waals surface area contributed by atoms with Crippen molar-refractivity contribution in [1.29, 1.82) is 5.41 Å². The van der Waals surface area contributed by atoms with Crippen LogP contribution in [0.2, 0.25) is 0 Å². The zero-order chi connectivity index (χ0) is 22.8. The van der Waals surface area contributed by atoms with Gasteiger partial charge in [0.1, 0.15) is 30.1 Å². The van der Waals surface area contributed by atoms with E-state index in [9.17, 15) is 5.11 Å². The van der Waals surface area contributed by atoms with Gasteiger partial charge >= 0.3 is 0 Å². The highest BCUT2D eigenvalue weighted by Gasteiger charge is 2.40. The first-order valence-electron chi connectivity index (χ1n) is 11.8. The molecule has 1 aromatic carbocycles. The fourth-order valence-electron chi connectivity index (χ4n) is 4.63. The van der Waals surface area contributed by atoms with Crippen molar-refractivity contribution in [3.05, 3.63) is 29.8 Å². The topological polar surface area (TPSA) is 116 Å². The average Bonchev–Trinajstić information content (AvgIpc) is 3.61. The van der Waals surface area contributed by atoms with E-state index in [0.717, 1.165) is 42.6 Å². The summed E-state index contributed by atoms with van der Waals surface area (Å²) in [5, 5.41) is 24.6. The molecule has 3 fully saturated rings. The Kier molecular flexibility index (Phi) is 6.43. The molecule has 1 aromatic heterocycles. The fourth-order valence-corrected chi connectivity index (χ4v) is 4.63. The standard InChI is InChI=1S/C24H32N6O3/c1-26-11-19(31)14-33-20-4-2-3-15(9-20)22-28-23(27-16-5-6-16)21(10-25)24(29-22)30-17-7-8-18(30)13-32-12-17/h2-4,9-10,16-19,25-26,31H,5-8,11-14H2,1H3,(H,27,28,29). The van der Waals surface area contributed by atoms with Crippen molar-refractivity contribution in [2.75, 3.05) is 43.6 Å². The van der Waals surface area contributed by atoms with Crippen molar-refractivity contribution in [1.82, 2.24) is 15.3 Å². The number of fused-ring (bicyclic) bond motifs is 2. The summed E-state index contributed by atoms with van der Waals surface area (Å²) in [6.45, 7) is 2.05. The van der Waals surface area contributed by atoms with Crippen LogP contribution >= 0.6 is 0 Å². The van der Waals surface area contributed by atoms with E-state index in [-0.39, 0.29) is 18.7 Å². The quantitative estimate of drug-likeness (QED) is 0.405. The minimum atomic E-state index is -0.584. The van der Waals surface area contributed by atoms with E-state index >= 15 is 0 Å². The lowest BCUT2D eigenvalue weighted by Crippen LogP contribution is -2.47. The number of aliphatic hydroxyl groups is 1. The summed E-state index contributed by atoms with van der Waals surface area (Å²) in [5.74, 6) is 2.79. The van der Waals surface area contributed by atoms with Crippen LogP contribution in [0.25, 0.3) is 11.4 Å². The smallest absolute Gasteiger partial charge is 0.164 e. The Bertz CT molecular complexity index is 982. The lowest BCUT2D eigenvalue weighted by molar-refractivity contribution is 0.0902. The molecule has 9 nitrogen and oxygen atoms in total. The number of rotatable bonds is 10. The van der Waals surface area contributed by atoms with E-state index in [4.69, 9.17) is 24.9 Å². The molecule has 2 bridgehead atoms. The lowest BCUT2D eigenvalue weighted by atomic mass is 10.1. The summed E-state index contributed by atoms with van der Waals surface area (Å²) < 4.78 is 11.6. The Hall–Kier alpha value is -2.75. The second-order valence-electron chi connectivity index (χ2n) is 9.08. The normalized spacial score (nSPS) is 22.8. The van der Waals surface area contributed by atoms with Crippen LogP contribution in [0.4, 0.5) is 11.6 Å². The molecule has 2 aliphatic heterocycles. The number of nitrogens with one attached hydrogen (secondary N) is 3. The average molecular weight is 453 g/mol. The van der Waals surface area contributed by atoms with Crippen molar-refractivity contribution in [3.63, 3.8) is 0 Å². The summed E-state index contributed by atoms with van der Waals surface area (Å²) >= 11 is 0. The van der Waals surface area contributed by atoms with Gasteiger partial charge in [-0.05, 0) is 44.9 Å². The van der Waals surface area contributed by atoms with Crippen LogP contribution < -0.4 is 20.3 Å². The largest absolute Gasteiger partial charge is 0.491 e. The number of morpholine rings is 1. The van der Waals surface area contributed by atoms with Crippen molar-refractivity contribution in [2.45, 2.75) is 49.9 Å². The predicted octanol–water partition coefficient (Wildman–Crippen LogP) is 2.04. The van der Waals surface area contributed by atoms with Crippen LogP contribution in [0.3, 0.4) is 0 Å². The minimum Gasteiger partial charge on any atom is -0.491 e. The Labute approximate surface area is 194 Å². The molecule has 2 aromatic rings. The maximum atomic E-state index is 9.96. The molecule has 9 heteroatoms. The molecule has 0 amide bonds. The summed E-state index contributed by atoms with van der Waals surface area (Å²) in [5.41, 5.74) is 1.58. The Balaban J connectivity index is 1.50. The van der Waals surface area contributed by atoms with Crippen molar-refractivity contribution in [2.24, 2.45) is 0 Å². The molecular formula is C24H32N6O3. The van der Waals surface area contributed by atoms with Gasteiger partial charge in [0.05, 0.1) is 30.9 Å². The molecule has 4 N–H and O–H groups in total. The van der Waals surface area contributed by atoms with E-state index in [0.29, 0.717) is 43.2 Å². The van der Waals surface area contributed by atoms with Crippen LogP contribution in [-0.2, 0) is 4.74 Å². The molecule has 33 heavy (non-hydrogen) atoms. The number of benzene rings is 1. The molecule has 176 valence electrons. The predicted molar refractivity (Wildman–Crippen MR) is 128 cm³/mol. The number of likely N-dealkylation sites (N-methyl/N-ethyl adjacent to an activating group) is 1. The third-order valence-corrected chi connectivity index (χ3v) is 6.45. The van der Waals surface area contributed by atoms with Gasteiger partial charge in [-0.1, -0.05) is 12.1 Å². The van der Waals surface area contributed by atoms with Crippen LogP contribution in [0.1, 0.15) is 31.2 Å². The lowest BCUT2D eigenvalue weighted by Gasteiger charge is -2.36. The van der Waals surface area contributed by atoms with Crippen LogP contribution in [0, 0.1) is 5.41 Å². The second kappa shape index (κ2) is 9.62. The van der Waals surface area contributed by atoms with Gasteiger partial charge in [0.2, 0.25) is 0 Å². The molecule has 3 atom stereocenters. The summed E-state index contributed by atoms with van der Waals surface area (Å²) in [6, 6.07) is 8.62. The number of hydrogen-bond donors (Lipinski definition) is 4. The first-order valence-corrected chi connectivity index (χ1v) is 11.8. The molecule has 3 unspecified atom stereocenters. The van der Waals surface area contributed by atoms with E-state index < -0.39 is 6.10 Å². The fraction of sp³-hybridized carbons (Fsp3) is 0.542. The molecule has 0 radical (unpaired) electrons. The van der Waals surface area contributed by atoms with E-state index in [1.165, 1.54) is 6.21 Å². The Morgan fingerprint density at radius 2 is 2.03 bits per heavy atom. The van der Waals surface area contributed by atoms with Gasteiger partial charge in [-0.15, -0.1) is 0 Å². The maximum Gasteiger partial charge on any atom is 0.164 e. The molecule has 1 aliphatic carbocycles. The van der Waals surface area contributed by atoms with E-state index in [1.54, 1.807) is 7.05 Å². The number of anilines is 2. The molecule has 5 rings (SSSR count). The molecule has 0 spiro atoms. The zero-order valence-electron chi connectivity index (χ0n) is 19.0. The van der Waals surface area contributed by atoms with Gasteiger partial charge in [-0.2, -0.15) is 0 Å². The van der Waals surface area contributed by atoms with Gasteiger partial charge in [0, 0.05) is 24.4 Å². The number of hydrogen-bond acceptors (Lipinski definition) is 9. The van der Waals surface area contributed by atoms with Crippen LogP contribution in [-0.4, -0.2) is 78.9 Å². The van der Waals surface area contributed by atoms with Gasteiger partial charge in [-0.3, -0.25) is 0 Å². The number of ether oxygens (including phenoxy) is 2. The van der Waals surface area contributed by atoms with Gasteiger partial charge in [-0.25, -0.2) is 9.97 Å². The highest BCUT2D eigenvalue weighted by molar-refractivity contribution is 5.92. The molecule has 3 aliphatic rings. The molecule has 1 saturated carbocycles. The van der Waals surface area contributed by atoms with Crippen molar-refractivity contribution in [3.8, 4) is 17.1 Å².